The molecule has 0 aliphatic rings. The van der Waals surface area contributed by atoms with Crippen molar-refractivity contribution in [3.8, 4) is 0 Å². The maximum absolute atomic E-state index is 5.10. The summed E-state index contributed by atoms with van der Waals surface area (Å²) in [5, 5.41) is 3.52. The molecule has 0 aliphatic heterocycles. The molecule has 2 heteroatoms. The highest BCUT2D eigenvalue weighted by Gasteiger charge is 2.24. The van der Waals surface area contributed by atoms with Crippen molar-refractivity contribution in [3.63, 3.8) is 0 Å². The number of methoxy groups -OCH3 is 1. The first-order valence-electron chi connectivity index (χ1n) is 8.13. The highest BCUT2D eigenvalue weighted by atomic mass is 16.5. The Labute approximate surface area is 131 Å². The standard InChI is InChI=1S/C19H33NO/c1-15(2)17-9-7-16(8-10-17)13-18(19(3,4)5)14-20-11-12-21-6/h7-10,15,18,20H,11-14H2,1-6H3. The highest BCUT2D eigenvalue weighted by molar-refractivity contribution is 5.25. The summed E-state index contributed by atoms with van der Waals surface area (Å²) in [5.41, 5.74) is 3.16. The van der Waals surface area contributed by atoms with Gasteiger partial charge in [0.1, 0.15) is 0 Å². The molecule has 1 aromatic rings. The maximum Gasteiger partial charge on any atom is 0.0587 e. The summed E-state index contributed by atoms with van der Waals surface area (Å²) in [5.74, 6) is 1.23. The third-order valence-corrected chi connectivity index (χ3v) is 4.23. The van der Waals surface area contributed by atoms with Gasteiger partial charge in [0.25, 0.3) is 0 Å². The number of hydrogen-bond donors (Lipinski definition) is 1. The topological polar surface area (TPSA) is 21.3 Å². The van der Waals surface area contributed by atoms with Crippen LogP contribution in [-0.2, 0) is 11.2 Å². The second-order valence-electron chi connectivity index (χ2n) is 7.36. The number of rotatable bonds is 8. The smallest absolute Gasteiger partial charge is 0.0587 e. The van der Waals surface area contributed by atoms with Crippen LogP contribution in [0.5, 0.6) is 0 Å². The van der Waals surface area contributed by atoms with E-state index in [2.05, 4.69) is 64.2 Å². The van der Waals surface area contributed by atoms with Crippen LogP contribution in [0.15, 0.2) is 24.3 Å². The van der Waals surface area contributed by atoms with Gasteiger partial charge in [-0.2, -0.15) is 0 Å². The molecule has 21 heavy (non-hydrogen) atoms. The largest absolute Gasteiger partial charge is 0.383 e. The van der Waals surface area contributed by atoms with Gasteiger partial charge in [0.2, 0.25) is 0 Å². The van der Waals surface area contributed by atoms with Gasteiger partial charge < -0.3 is 10.1 Å². The minimum absolute atomic E-state index is 0.302. The second kappa shape index (κ2) is 8.55. The summed E-state index contributed by atoms with van der Waals surface area (Å²) in [6, 6.07) is 9.14. The zero-order chi connectivity index (χ0) is 15.9. The summed E-state index contributed by atoms with van der Waals surface area (Å²) in [7, 11) is 1.75. The van der Waals surface area contributed by atoms with E-state index in [9.17, 15) is 0 Å². The van der Waals surface area contributed by atoms with Crippen LogP contribution in [0.3, 0.4) is 0 Å². The monoisotopic (exact) mass is 291 g/mol. The minimum Gasteiger partial charge on any atom is -0.383 e. The number of benzene rings is 1. The van der Waals surface area contributed by atoms with E-state index >= 15 is 0 Å². The zero-order valence-corrected chi connectivity index (χ0v) is 14.7. The summed E-state index contributed by atoms with van der Waals surface area (Å²) >= 11 is 0. The lowest BCUT2D eigenvalue weighted by atomic mass is 9.77. The minimum atomic E-state index is 0.302. The van der Waals surface area contributed by atoms with Crippen LogP contribution in [0.25, 0.3) is 0 Å². The van der Waals surface area contributed by atoms with Crippen molar-refractivity contribution in [2.45, 2.75) is 47.0 Å². The van der Waals surface area contributed by atoms with E-state index in [1.165, 1.54) is 11.1 Å². The highest BCUT2D eigenvalue weighted by Crippen LogP contribution is 2.29. The van der Waals surface area contributed by atoms with Crippen molar-refractivity contribution in [2.75, 3.05) is 26.8 Å². The first-order valence-corrected chi connectivity index (χ1v) is 8.13. The van der Waals surface area contributed by atoms with Gasteiger partial charge in [-0.1, -0.05) is 58.9 Å². The molecule has 1 aromatic carbocycles. The van der Waals surface area contributed by atoms with Gasteiger partial charge in [-0.25, -0.2) is 0 Å². The Hall–Kier alpha value is -0.860. The molecule has 0 radical (unpaired) electrons. The Morgan fingerprint density at radius 3 is 2.19 bits per heavy atom. The molecule has 1 unspecified atom stereocenters. The lowest BCUT2D eigenvalue weighted by Gasteiger charge is -2.31. The maximum atomic E-state index is 5.10. The average Bonchev–Trinajstić information content (AvgIpc) is 2.41. The molecule has 1 atom stereocenters. The molecule has 120 valence electrons. The van der Waals surface area contributed by atoms with Gasteiger partial charge in [0, 0.05) is 13.7 Å². The Morgan fingerprint density at radius 2 is 1.71 bits per heavy atom. The fourth-order valence-corrected chi connectivity index (χ4v) is 2.46. The zero-order valence-electron chi connectivity index (χ0n) is 14.7. The van der Waals surface area contributed by atoms with Crippen LogP contribution in [0, 0.1) is 11.3 Å². The van der Waals surface area contributed by atoms with Crippen LogP contribution >= 0.6 is 0 Å². The van der Waals surface area contributed by atoms with E-state index in [4.69, 9.17) is 4.74 Å². The molecular weight excluding hydrogens is 258 g/mol. The molecule has 0 fully saturated rings. The Morgan fingerprint density at radius 1 is 1.10 bits per heavy atom. The van der Waals surface area contributed by atoms with Crippen molar-refractivity contribution in [2.24, 2.45) is 11.3 Å². The molecule has 0 heterocycles. The molecule has 0 saturated heterocycles. The van der Waals surface area contributed by atoms with Crippen molar-refractivity contribution in [1.82, 2.24) is 5.32 Å². The number of nitrogens with one attached hydrogen (secondary N) is 1. The van der Waals surface area contributed by atoms with E-state index in [1.807, 2.05) is 0 Å². The van der Waals surface area contributed by atoms with Crippen LogP contribution in [0.4, 0.5) is 0 Å². The van der Waals surface area contributed by atoms with E-state index in [1.54, 1.807) is 7.11 Å². The van der Waals surface area contributed by atoms with Crippen molar-refractivity contribution >= 4 is 0 Å². The Balaban J connectivity index is 2.63. The number of hydrogen-bond acceptors (Lipinski definition) is 2. The summed E-state index contributed by atoms with van der Waals surface area (Å²) < 4.78 is 5.10. The molecule has 1 N–H and O–H groups in total. The molecule has 0 saturated carbocycles. The molecule has 0 spiro atoms. The van der Waals surface area contributed by atoms with Gasteiger partial charge in [-0.15, -0.1) is 0 Å². The van der Waals surface area contributed by atoms with Crippen LogP contribution in [-0.4, -0.2) is 26.8 Å². The summed E-state index contributed by atoms with van der Waals surface area (Å²) in [6.07, 6.45) is 1.13. The molecule has 0 aromatic heterocycles. The van der Waals surface area contributed by atoms with Crippen LogP contribution < -0.4 is 5.32 Å². The third kappa shape index (κ3) is 6.62. The van der Waals surface area contributed by atoms with E-state index in [0.717, 1.165) is 26.1 Å². The van der Waals surface area contributed by atoms with Crippen molar-refractivity contribution in [3.05, 3.63) is 35.4 Å². The van der Waals surface area contributed by atoms with Gasteiger partial charge in [0.05, 0.1) is 6.61 Å². The molecular formula is C19H33NO. The first-order chi connectivity index (χ1) is 9.84. The molecule has 1 rings (SSSR count). The Bertz CT molecular complexity index is 389. The van der Waals surface area contributed by atoms with Crippen molar-refractivity contribution in [1.29, 1.82) is 0 Å². The predicted octanol–water partition coefficient (Wildman–Crippen LogP) is 4.25. The van der Waals surface area contributed by atoms with Crippen LogP contribution in [0.2, 0.25) is 0 Å². The van der Waals surface area contributed by atoms with Gasteiger partial charge in [-0.05, 0) is 41.3 Å². The van der Waals surface area contributed by atoms with E-state index in [-0.39, 0.29) is 0 Å². The summed E-state index contributed by atoms with van der Waals surface area (Å²) in [4.78, 5) is 0. The SMILES string of the molecule is COCCNCC(Cc1ccc(C(C)C)cc1)C(C)(C)C. The Kier molecular flexibility index (Phi) is 7.41. The lowest BCUT2D eigenvalue weighted by Crippen LogP contribution is -2.34. The first kappa shape index (κ1) is 18.2. The summed E-state index contributed by atoms with van der Waals surface area (Å²) in [6.45, 7) is 14.2. The molecule has 0 aliphatic carbocycles. The molecule has 0 amide bonds. The fraction of sp³-hybridized carbons (Fsp3) is 0.684. The third-order valence-electron chi connectivity index (χ3n) is 4.23. The molecule has 0 bridgehead atoms. The van der Waals surface area contributed by atoms with E-state index in [0.29, 0.717) is 17.3 Å². The normalized spacial score (nSPS) is 13.7. The van der Waals surface area contributed by atoms with Crippen molar-refractivity contribution < 1.29 is 4.74 Å². The number of ether oxygens (including phenoxy) is 1. The fourth-order valence-electron chi connectivity index (χ4n) is 2.46. The quantitative estimate of drug-likeness (QED) is 0.723. The second-order valence-corrected chi connectivity index (χ2v) is 7.36. The van der Waals surface area contributed by atoms with Crippen LogP contribution in [0.1, 0.15) is 51.7 Å². The van der Waals surface area contributed by atoms with Gasteiger partial charge in [-0.3, -0.25) is 0 Å². The van der Waals surface area contributed by atoms with Gasteiger partial charge in [0.15, 0.2) is 0 Å². The van der Waals surface area contributed by atoms with E-state index < -0.39 is 0 Å². The predicted molar refractivity (Wildman–Crippen MR) is 91.9 cm³/mol. The lowest BCUT2D eigenvalue weighted by molar-refractivity contribution is 0.186. The van der Waals surface area contributed by atoms with Gasteiger partial charge >= 0.3 is 0 Å². The molecule has 2 nitrogen and oxygen atoms in total. The average molecular weight is 291 g/mol.